The molecule has 96 valence electrons. The van der Waals surface area contributed by atoms with Gasteiger partial charge in [-0.25, -0.2) is 0 Å². The van der Waals surface area contributed by atoms with Gasteiger partial charge in [0.05, 0.1) is 6.20 Å². The van der Waals surface area contributed by atoms with Gasteiger partial charge in [0.15, 0.2) is 0 Å². The smallest absolute Gasteiger partial charge is 0.0568 e. The summed E-state index contributed by atoms with van der Waals surface area (Å²) in [6.07, 6.45) is 6.23. The van der Waals surface area contributed by atoms with E-state index in [1.54, 1.807) is 0 Å². The Morgan fingerprint density at radius 2 is 2.17 bits per heavy atom. The fraction of sp³-hybridized carbons (Fsp3) is 0.400. The van der Waals surface area contributed by atoms with Crippen LogP contribution in [-0.4, -0.2) is 22.9 Å². The SMILES string of the molecule is CNC(C)CCc1cccc(-c2cnn(C)c2)c1. The first-order valence-electron chi connectivity index (χ1n) is 6.44. The van der Waals surface area contributed by atoms with Crippen LogP contribution in [-0.2, 0) is 13.5 Å². The van der Waals surface area contributed by atoms with Gasteiger partial charge in [0.1, 0.15) is 0 Å². The maximum Gasteiger partial charge on any atom is 0.0568 e. The van der Waals surface area contributed by atoms with Crippen LogP contribution >= 0.6 is 0 Å². The molecule has 0 saturated heterocycles. The number of aromatic nitrogens is 2. The largest absolute Gasteiger partial charge is 0.317 e. The molecule has 1 aromatic heterocycles. The Morgan fingerprint density at radius 3 is 2.83 bits per heavy atom. The van der Waals surface area contributed by atoms with Crippen LogP contribution in [0, 0.1) is 0 Å². The third-order valence-electron chi connectivity index (χ3n) is 3.32. The lowest BCUT2D eigenvalue weighted by molar-refractivity contribution is 0.565. The van der Waals surface area contributed by atoms with Crippen LogP contribution in [0.15, 0.2) is 36.7 Å². The standard InChI is InChI=1S/C15H21N3/c1-12(16-2)7-8-13-5-4-6-14(9-13)15-10-17-18(3)11-15/h4-6,9-12,16H,7-8H2,1-3H3. The molecule has 18 heavy (non-hydrogen) atoms. The van der Waals surface area contributed by atoms with Gasteiger partial charge < -0.3 is 5.32 Å². The van der Waals surface area contributed by atoms with E-state index >= 15 is 0 Å². The fourth-order valence-corrected chi connectivity index (χ4v) is 2.00. The first-order valence-corrected chi connectivity index (χ1v) is 6.44. The number of hydrogen-bond acceptors (Lipinski definition) is 2. The topological polar surface area (TPSA) is 29.9 Å². The molecule has 1 atom stereocenters. The van der Waals surface area contributed by atoms with E-state index in [0.717, 1.165) is 12.8 Å². The molecule has 3 nitrogen and oxygen atoms in total. The first-order chi connectivity index (χ1) is 8.69. The highest BCUT2D eigenvalue weighted by atomic mass is 15.2. The second-order valence-corrected chi connectivity index (χ2v) is 4.83. The van der Waals surface area contributed by atoms with Gasteiger partial charge in [0.25, 0.3) is 0 Å². The number of benzene rings is 1. The average Bonchev–Trinajstić information content (AvgIpc) is 2.83. The first kappa shape index (κ1) is 12.8. The van der Waals surface area contributed by atoms with Crippen LogP contribution in [0.25, 0.3) is 11.1 Å². The Bertz CT molecular complexity index is 502. The molecule has 2 aromatic rings. The minimum absolute atomic E-state index is 0.562. The molecule has 1 heterocycles. The average molecular weight is 243 g/mol. The zero-order chi connectivity index (χ0) is 13.0. The van der Waals surface area contributed by atoms with E-state index in [0.29, 0.717) is 6.04 Å². The number of aryl methyl sites for hydroxylation is 2. The van der Waals surface area contributed by atoms with Crippen LogP contribution in [0.1, 0.15) is 18.9 Å². The molecule has 0 bridgehead atoms. The third-order valence-corrected chi connectivity index (χ3v) is 3.32. The highest BCUT2D eigenvalue weighted by Crippen LogP contribution is 2.20. The molecule has 0 saturated carbocycles. The van der Waals surface area contributed by atoms with E-state index < -0.39 is 0 Å². The molecule has 0 spiro atoms. The van der Waals surface area contributed by atoms with E-state index in [1.165, 1.54) is 16.7 Å². The molecular weight excluding hydrogens is 222 g/mol. The summed E-state index contributed by atoms with van der Waals surface area (Å²) in [5.74, 6) is 0. The lowest BCUT2D eigenvalue weighted by Gasteiger charge is -2.10. The second kappa shape index (κ2) is 5.83. The summed E-state index contributed by atoms with van der Waals surface area (Å²) in [7, 11) is 3.96. The van der Waals surface area contributed by atoms with Gasteiger partial charge in [-0.05, 0) is 37.9 Å². The summed E-state index contributed by atoms with van der Waals surface area (Å²) < 4.78 is 1.84. The molecule has 2 rings (SSSR count). The van der Waals surface area contributed by atoms with E-state index in [2.05, 4.69) is 47.8 Å². The van der Waals surface area contributed by atoms with Gasteiger partial charge in [0.2, 0.25) is 0 Å². The van der Waals surface area contributed by atoms with Crippen LogP contribution in [0.2, 0.25) is 0 Å². The Kier molecular flexibility index (Phi) is 4.15. The molecular formula is C15H21N3. The maximum absolute atomic E-state index is 4.22. The molecule has 0 aliphatic heterocycles. The summed E-state index contributed by atoms with van der Waals surface area (Å²) >= 11 is 0. The minimum atomic E-state index is 0.562. The molecule has 1 aromatic carbocycles. The number of nitrogens with one attached hydrogen (secondary N) is 1. The maximum atomic E-state index is 4.22. The molecule has 0 aliphatic rings. The van der Waals surface area contributed by atoms with Gasteiger partial charge in [-0.3, -0.25) is 4.68 Å². The van der Waals surface area contributed by atoms with Crippen molar-refractivity contribution in [1.29, 1.82) is 0 Å². The number of hydrogen-bond donors (Lipinski definition) is 1. The third kappa shape index (κ3) is 3.20. The summed E-state index contributed by atoms with van der Waals surface area (Å²) in [6, 6.07) is 9.29. The van der Waals surface area contributed by atoms with Gasteiger partial charge in [-0.15, -0.1) is 0 Å². The highest BCUT2D eigenvalue weighted by Gasteiger charge is 2.03. The quantitative estimate of drug-likeness (QED) is 0.875. The normalized spacial score (nSPS) is 12.6. The van der Waals surface area contributed by atoms with Crippen molar-refractivity contribution in [2.24, 2.45) is 7.05 Å². The summed E-state index contributed by atoms with van der Waals surface area (Å²) in [5, 5.41) is 7.49. The molecule has 0 fully saturated rings. The van der Waals surface area contributed by atoms with E-state index in [1.807, 2.05) is 25.0 Å². The second-order valence-electron chi connectivity index (χ2n) is 4.83. The van der Waals surface area contributed by atoms with Crippen molar-refractivity contribution in [3.8, 4) is 11.1 Å². The highest BCUT2D eigenvalue weighted by molar-refractivity contribution is 5.62. The Labute approximate surface area is 109 Å². The Morgan fingerprint density at radius 1 is 1.33 bits per heavy atom. The zero-order valence-electron chi connectivity index (χ0n) is 11.4. The van der Waals surface area contributed by atoms with Crippen molar-refractivity contribution in [3.63, 3.8) is 0 Å². The molecule has 0 amide bonds. The molecule has 1 N–H and O–H groups in total. The Balaban J connectivity index is 2.10. The van der Waals surface area contributed by atoms with Gasteiger partial charge in [0, 0.05) is 24.8 Å². The summed E-state index contributed by atoms with van der Waals surface area (Å²) in [6.45, 7) is 2.21. The lowest BCUT2D eigenvalue weighted by atomic mass is 10.0. The fourth-order valence-electron chi connectivity index (χ4n) is 2.00. The van der Waals surface area contributed by atoms with Crippen molar-refractivity contribution < 1.29 is 0 Å². The molecule has 0 aliphatic carbocycles. The van der Waals surface area contributed by atoms with Crippen LogP contribution < -0.4 is 5.32 Å². The van der Waals surface area contributed by atoms with Gasteiger partial charge >= 0.3 is 0 Å². The molecule has 0 radical (unpaired) electrons. The van der Waals surface area contributed by atoms with E-state index in [4.69, 9.17) is 0 Å². The van der Waals surface area contributed by atoms with Crippen molar-refractivity contribution in [2.75, 3.05) is 7.05 Å². The van der Waals surface area contributed by atoms with Crippen LogP contribution in [0.3, 0.4) is 0 Å². The molecule has 3 heteroatoms. The number of nitrogens with zero attached hydrogens (tertiary/aromatic N) is 2. The van der Waals surface area contributed by atoms with Crippen molar-refractivity contribution in [1.82, 2.24) is 15.1 Å². The van der Waals surface area contributed by atoms with Crippen molar-refractivity contribution in [3.05, 3.63) is 42.2 Å². The van der Waals surface area contributed by atoms with Gasteiger partial charge in [-0.1, -0.05) is 24.3 Å². The van der Waals surface area contributed by atoms with Crippen LogP contribution in [0.4, 0.5) is 0 Å². The minimum Gasteiger partial charge on any atom is -0.317 e. The zero-order valence-corrected chi connectivity index (χ0v) is 11.4. The lowest BCUT2D eigenvalue weighted by Crippen LogP contribution is -2.21. The van der Waals surface area contributed by atoms with Gasteiger partial charge in [-0.2, -0.15) is 5.10 Å². The number of rotatable bonds is 5. The van der Waals surface area contributed by atoms with E-state index in [9.17, 15) is 0 Å². The van der Waals surface area contributed by atoms with Crippen molar-refractivity contribution >= 4 is 0 Å². The summed E-state index contributed by atoms with van der Waals surface area (Å²) in [5.41, 5.74) is 3.82. The van der Waals surface area contributed by atoms with Crippen LogP contribution in [0.5, 0.6) is 0 Å². The summed E-state index contributed by atoms with van der Waals surface area (Å²) in [4.78, 5) is 0. The van der Waals surface area contributed by atoms with E-state index in [-0.39, 0.29) is 0 Å². The Hall–Kier alpha value is -1.61. The molecule has 1 unspecified atom stereocenters. The van der Waals surface area contributed by atoms with Crippen molar-refractivity contribution in [2.45, 2.75) is 25.8 Å². The predicted molar refractivity (Wildman–Crippen MR) is 75.5 cm³/mol. The monoisotopic (exact) mass is 243 g/mol. The predicted octanol–water partition coefficient (Wildman–Crippen LogP) is 2.63.